The van der Waals surface area contributed by atoms with E-state index in [9.17, 15) is 18.0 Å². The van der Waals surface area contributed by atoms with Gasteiger partial charge in [-0.25, -0.2) is 8.42 Å². The van der Waals surface area contributed by atoms with Crippen LogP contribution < -0.4 is 14.4 Å². The normalized spacial score (nSPS) is 12.2. The molecule has 0 aliphatic rings. The van der Waals surface area contributed by atoms with Crippen molar-refractivity contribution < 1.29 is 22.7 Å². The molecule has 8 nitrogen and oxygen atoms in total. The van der Waals surface area contributed by atoms with Gasteiger partial charge in [-0.3, -0.25) is 13.9 Å². The van der Waals surface area contributed by atoms with Crippen LogP contribution in [0.15, 0.2) is 54.6 Å². The number of methoxy groups -OCH3 is 1. The summed E-state index contributed by atoms with van der Waals surface area (Å²) < 4.78 is 31.6. The third-order valence-corrected chi connectivity index (χ3v) is 6.17. The Labute approximate surface area is 196 Å². The summed E-state index contributed by atoms with van der Waals surface area (Å²) in [5.74, 6) is -0.434. The molecular weight excluding hydrogens is 442 g/mol. The first-order valence-corrected chi connectivity index (χ1v) is 12.7. The molecule has 0 aliphatic carbocycles. The number of nitrogens with zero attached hydrogens (tertiary/aromatic N) is 2. The number of hydrogen-bond acceptors (Lipinski definition) is 5. The molecule has 2 aromatic carbocycles. The van der Waals surface area contributed by atoms with E-state index in [-0.39, 0.29) is 24.2 Å². The first-order chi connectivity index (χ1) is 15.6. The monoisotopic (exact) mass is 475 g/mol. The Morgan fingerprint density at radius 1 is 1.03 bits per heavy atom. The van der Waals surface area contributed by atoms with Crippen LogP contribution >= 0.6 is 0 Å². The second-order valence-corrected chi connectivity index (χ2v) is 9.94. The zero-order valence-corrected chi connectivity index (χ0v) is 20.6. The number of benzene rings is 2. The standard InChI is InChI=1S/C24H33N3O5S/c1-6-20(24(29)25-18(2)3)26(16-19-12-8-7-9-13-19)23(28)17-27(33(5,30)31)21-14-10-11-15-22(21)32-4/h7-15,18,20H,6,16-17H2,1-5H3,(H,25,29)/t20-/m0/s1. The van der Waals surface area contributed by atoms with Crippen molar-refractivity contribution in [3.8, 4) is 5.75 Å². The molecule has 0 bridgehead atoms. The molecule has 0 aliphatic heterocycles. The van der Waals surface area contributed by atoms with Crippen molar-refractivity contribution in [2.75, 3.05) is 24.2 Å². The molecule has 0 aromatic heterocycles. The highest BCUT2D eigenvalue weighted by molar-refractivity contribution is 7.92. The number of carbonyl (C=O) groups excluding carboxylic acids is 2. The van der Waals surface area contributed by atoms with Gasteiger partial charge in [-0.05, 0) is 38.0 Å². The molecule has 2 aromatic rings. The molecule has 0 heterocycles. The Hall–Kier alpha value is -3.07. The number of para-hydroxylation sites is 2. The average Bonchev–Trinajstić information content (AvgIpc) is 2.76. The largest absolute Gasteiger partial charge is 0.495 e. The van der Waals surface area contributed by atoms with Crippen LogP contribution in [-0.2, 0) is 26.2 Å². The highest BCUT2D eigenvalue weighted by Gasteiger charge is 2.32. The van der Waals surface area contributed by atoms with E-state index in [0.29, 0.717) is 12.2 Å². The summed E-state index contributed by atoms with van der Waals surface area (Å²) in [5, 5.41) is 2.86. The highest BCUT2D eigenvalue weighted by Crippen LogP contribution is 2.29. The van der Waals surface area contributed by atoms with E-state index < -0.39 is 28.5 Å². The fourth-order valence-corrected chi connectivity index (χ4v) is 4.36. The molecular formula is C24H33N3O5S. The van der Waals surface area contributed by atoms with Gasteiger partial charge >= 0.3 is 0 Å². The number of rotatable bonds is 11. The van der Waals surface area contributed by atoms with Crippen molar-refractivity contribution in [3.05, 3.63) is 60.2 Å². The molecule has 1 N–H and O–H groups in total. The summed E-state index contributed by atoms with van der Waals surface area (Å²) in [6, 6.07) is 15.1. The van der Waals surface area contributed by atoms with Crippen molar-refractivity contribution in [2.24, 2.45) is 0 Å². The topological polar surface area (TPSA) is 96.0 Å². The van der Waals surface area contributed by atoms with Crippen LogP contribution in [0.25, 0.3) is 0 Å². The van der Waals surface area contributed by atoms with Gasteiger partial charge in [-0.15, -0.1) is 0 Å². The Morgan fingerprint density at radius 3 is 2.18 bits per heavy atom. The summed E-state index contributed by atoms with van der Waals surface area (Å²) in [4.78, 5) is 27.9. The quantitative estimate of drug-likeness (QED) is 0.539. The first kappa shape index (κ1) is 26.2. The highest BCUT2D eigenvalue weighted by atomic mass is 32.2. The predicted molar refractivity (Wildman–Crippen MR) is 130 cm³/mol. The second-order valence-electron chi connectivity index (χ2n) is 8.04. The lowest BCUT2D eigenvalue weighted by Gasteiger charge is -2.33. The second kappa shape index (κ2) is 11.7. The van der Waals surface area contributed by atoms with E-state index in [4.69, 9.17) is 4.74 Å². The molecule has 33 heavy (non-hydrogen) atoms. The van der Waals surface area contributed by atoms with Crippen LogP contribution in [0, 0.1) is 0 Å². The van der Waals surface area contributed by atoms with Gasteiger partial charge in [-0.2, -0.15) is 0 Å². The predicted octanol–water partition coefficient (Wildman–Crippen LogP) is 2.79. The van der Waals surface area contributed by atoms with Gasteiger partial charge in [0.2, 0.25) is 21.8 Å². The maximum Gasteiger partial charge on any atom is 0.244 e. The van der Waals surface area contributed by atoms with Gasteiger partial charge in [0.15, 0.2) is 0 Å². The van der Waals surface area contributed by atoms with E-state index in [0.717, 1.165) is 16.1 Å². The van der Waals surface area contributed by atoms with Crippen molar-refractivity contribution in [1.82, 2.24) is 10.2 Å². The Kier molecular flexibility index (Phi) is 9.28. The van der Waals surface area contributed by atoms with Crippen LogP contribution in [0.1, 0.15) is 32.8 Å². The fraction of sp³-hybridized carbons (Fsp3) is 0.417. The number of sulfonamides is 1. The molecule has 0 saturated heterocycles. The van der Waals surface area contributed by atoms with Crippen LogP contribution in [-0.4, -0.2) is 57.1 Å². The molecule has 0 spiro atoms. The zero-order valence-electron chi connectivity index (χ0n) is 19.8. The lowest BCUT2D eigenvalue weighted by Crippen LogP contribution is -2.53. The third kappa shape index (κ3) is 7.21. The van der Waals surface area contributed by atoms with Gasteiger partial charge in [0.25, 0.3) is 0 Å². The van der Waals surface area contributed by atoms with E-state index in [2.05, 4.69) is 5.32 Å². The minimum Gasteiger partial charge on any atom is -0.495 e. The summed E-state index contributed by atoms with van der Waals surface area (Å²) in [5.41, 5.74) is 1.10. The van der Waals surface area contributed by atoms with Crippen LogP contribution in [0.4, 0.5) is 5.69 Å². The maximum absolute atomic E-state index is 13.6. The molecule has 0 radical (unpaired) electrons. The van der Waals surface area contributed by atoms with Gasteiger partial charge < -0.3 is 15.0 Å². The average molecular weight is 476 g/mol. The molecule has 0 fully saturated rings. The van der Waals surface area contributed by atoms with Crippen molar-refractivity contribution in [3.63, 3.8) is 0 Å². The Balaban J connectivity index is 2.45. The number of nitrogens with one attached hydrogen (secondary N) is 1. The third-order valence-electron chi connectivity index (χ3n) is 5.05. The smallest absolute Gasteiger partial charge is 0.244 e. The van der Waals surface area contributed by atoms with Crippen molar-refractivity contribution >= 4 is 27.5 Å². The van der Waals surface area contributed by atoms with E-state index >= 15 is 0 Å². The number of ether oxygens (including phenoxy) is 1. The first-order valence-electron chi connectivity index (χ1n) is 10.8. The van der Waals surface area contributed by atoms with E-state index in [1.807, 2.05) is 51.1 Å². The maximum atomic E-state index is 13.6. The minimum absolute atomic E-state index is 0.0960. The van der Waals surface area contributed by atoms with Gasteiger partial charge in [-0.1, -0.05) is 49.4 Å². The van der Waals surface area contributed by atoms with Crippen LogP contribution in [0.5, 0.6) is 5.75 Å². The molecule has 1 atom stereocenters. The fourth-order valence-electron chi connectivity index (χ4n) is 3.51. The molecule has 2 amide bonds. The Bertz CT molecular complexity index is 1040. The number of amides is 2. The number of anilines is 1. The Morgan fingerprint density at radius 2 is 1.64 bits per heavy atom. The van der Waals surface area contributed by atoms with Crippen molar-refractivity contribution in [1.29, 1.82) is 0 Å². The van der Waals surface area contributed by atoms with Crippen LogP contribution in [0.2, 0.25) is 0 Å². The molecule has 9 heteroatoms. The minimum atomic E-state index is -3.82. The molecule has 0 unspecified atom stereocenters. The lowest BCUT2D eigenvalue weighted by atomic mass is 10.1. The van der Waals surface area contributed by atoms with E-state index in [1.165, 1.54) is 12.0 Å². The number of hydrogen-bond donors (Lipinski definition) is 1. The molecule has 2 rings (SSSR count). The SMILES string of the molecule is CC[C@@H](C(=O)NC(C)C)N(Cc1ccccc1)C(=O)CN(c1ccccc1OC)S(C)(=O)=O. The van der Waals surface area contributed by atoms with Gasteiger partial charge in [0, 0.05) is 12.6 Å². The molecule has 0 saturated carbocycles. The van der Waals surface area contributed by atoms with E-state index in [1.54, 1.807) is 24.3 Å². The summed E-state index contributed by atoms with van der Waals surface area (Å²) in [6.07, 6.45) is 1.42. The lowest BCUT2D eigenvalue weighted by molar-refractivity contribution is -0.140. The summed E-state index contributed by atoms with van der Waals surface area (Å²) in [7, 11) is -2.38. The van der Waals surface area contributed by atoms with Gasteiger partial charge in [0.1, 0.15) is 18.3 Å². The molecule has 180 valence electrons. The zero-order chi connectivity index (χ0) is 24.6. The summed E-state index contributed by atoms with van der Waals surface area (Å²) in [6.45, 7) is 5.23. The van der Waals surface area contributed by atoms with Gasteiger partial charge in [0.05, 0.1) is 19.1 Å². The summed E-state index contributed by atoms with van der Waals surface area (Å²) >= 11 is 0. The number of carbonyl (C=O) groups is 2. The van der Waals surface area contributed by atoms with Crippen molar-refractivity contribution in [2.45, 2.75) is 45.8 Å². The van der Waals surface area contributed by atoms with Crippen LogP contribution in [0.3, 0.4) is 0 Å².